The highest BCUT2D eigenvalue weighted by atomic mass is 31.2. The summed E-state index contributed by atoms with van der Waals surface area (Å²) in [6.45, 7) is 2.63. The molecule has 0 radical (unpaired) electrons. The zero-order valence-electron chi connectivity index (χ0n) is 10.3. The average molecular weight is 273 g/mol. The predicted molar refractivity (Wildman–Crippen MR) is 64.8 cm³/mol. The Hall–Kier alpha value is 0.300. The number of hydrogen-bond acceptors (Lipinski definition) is 6. The van der Waals surface area contributed by atoms with Gasteiger partial charge in [0.25, 0.3) is 0 Å². The summed E-state index contributed by atoms with van der Waals surface area (Å²) in [5.74, 6) is 0. The van der Waals surface area contributed by atoms with Crippen molar-refractivity contribution in [2.45, 2.75) is 0 Å². The SMILES string of the molecule is COP(C)(=O)CCNCCP(=O)(OC)OC. The van der Waals surface area contributed by atoms with Crippen LogP contribution in [0.3, 0.4) is 0 Å². The van der Waals surface area contributed by atoms with Crippen LogP contribution >= 0.6 is 15.0 Å². The molecule has 0 aliphatic heterocycles. The van der Waals surface area contributed by atoms with Crippen molar-refractivity contribution in [2.75, 3.05) is 53.4 Å². The van der Waals surface area contributed by atoms with Crippen LogP contribution in [0.2, 0.25) is 0 Å². The van der Waals surface area contributed by atoms with Gasteiger partial charge < -0.3 is 18.9 Å². The third-order valence-corrected chi connectivity index (χ3v) is 5.89. The first kappa shape index (κ1) is 16.3. The monoisotopic (exact) mass is 273 g/mol. The lowest BCUT2D eigenvalue weighted by atomic mass is 10.7. The van der Waals surface area contributed by atoms with E-state index in [0.29, 0.717) is 25.4 Å². The minimum atomic E-state index is -2.93. The van der Waals surface area contributed by atoms with Gasteiger partial charge in [-0.25, -0.2) is 0 Å². The fourth-order valence-corrected chi connectivity index (χ4v) is 2.66. The Kier molecular flexibility index (Phi) is 7.73. The van der Waals surface area contributed by atoms with E-state index in [0.717, 1.165) is 0 Å². The first-order valence-corrected chi connectivity index (χ1v) is 8.91. The lowest BCUT2D eigenvalue weighted by Gasteiger charge is -2.14. The van der Waals surface area contributed by atoms with Crippen LogP contribution in [0.1, 0.15) is 0 Å². The Morgan fingerprint density at radius 3 is 1.88 bits per heavy atom. The first-order chi connectivity index (χ1) is 7.39. The van der Waals surface area contributed by atoms with E-state index in [1.165, 1.54) is 21.3 Å². The smallest absolute Gasteiger partial charge is 0.331 e. The summed E-state index contributed by atoms with van der Waals surface area (Å²) in [5.41, 5.74) is 0. The molecule has 0 aliphatic rings. The maximum Gasteiger partial charge on any atom is 0.331 e. The average Bonchev–Trinajstić information content (AvgIpc) is 2.28. The molecule has 0 heterocycles. The molecule has 98 valence electrons. The minimum Gasteiger partial charge on any atom is -0.332 e. The van der Waals surface area contributed by atoms with Crippen molar-refractivity contribution < 1.29 is 22.7 Å². The van der Waals surface area contributed by atoms with E-state index in [4.69, 9.17) is 13.6 Å². The lowest BCUT2D eigenvalue weighted by Crippen LogP contribution is -2.22. The van der Waals surface area contributed by atoms with Gasteiger partial charge in [-0.3, -0.25) is 9.13 Å². The van der Waals surface area contributed by atoms with Gasteiger partial charge in [0.1, 0.15) is 0 Å². The molecule has 1 unspecified atom stereocenters. The van der Waals surface area contributed by atoms with E-state index in [-0.39, 0.29) is 0 Å². The molecule has 0 aliphatic carbocycles. The molecule has 6 nitrogen and oxygen atoms in total. The summed E-state index contributed by atoms with van der Waals surface area (Å²) < 4.78 is 37.5. The second-order valence-electron chi connectivity index (χ2n) is 3.37. The molecule has 0 aromatic rings. The molecular weight excluding hydrogens is 252 g/mol. The molecule has 0 spiro atoms. The minimum absolute atomic E-state index is 0.293. The van der Waals surface area contributed by atoms with E-state index in [1.54, 1.807) is 6.66 Å². The largest absolute Gasteiger partial charge is 0.332 e. The van der Waals surface area contributed by atoms with Crippen molar-refractivity contribution in [2.24, 2.45) is 0 Å². The molecule has 0 saturated carbocycles. The van der Waals surface area contributed by atoms with Gasteiger partial charge in [0.15, 0.2) is 0 Å². The summed E-state index contributed by atoms with van der Waals surface area (Å²) in [7, 11) is -1.25. The molecule has 1 atom stereocenters. The third-order valence-electron chi connectivity index (χ3n) is 2.20. The molecule has 0 saturated heterocycles. The van der Waals surface area contributed by atoms with Crippen LogP contribution in [-0.4, -0.2) is 53.4 Å². The maximum absolute atomic E-state index is 11.6. The van der Waals surface area contributed by atoms with Crippen LogP contribution < -0.4 is 5.32 Å². The van der Waals surface area contributed by atoms with Gasteiger partial charge in [0.05, 0.1) is 6.16 Å². The summed E-state index contributed by atoms with van der Waals surface area (Å²) in [6, 6.07) is 0. The van der Waals surface area contributed by atoms with Crippen LogP contribution in [0.25, 0.3) is 0 Å². The number of nitrogens with one attached hydrogen (secondary N) is 1. The predicted octanol–water partition coefficient (Wildman–Crippen LogP) is 1.62. The van der Waals surface area contributed by atoms with Gasteiger partial charge in [-0.1, -0.05) is 0 Å². The summed E-state index contributed by atoms with van der Waals surface area (Å²) >= 11 is 0. The van der Waals surface area contributed by atoms with Gasteiger partial charge in [-0.05, 0) is 0 Å². The highest BCUT2D eigenvalue weighted by Crippen LogP contribution is 2.45. The summed E-state index contributed by atoms with van der Waals surface area (Å²) in [4.78, 5) is 0. The molecule has 16 heavy (non-hydrogen) atoms. The van der Waals surface area contributed by atoms with E-state index in [1.807, 2.05) is 0 Å². The number of hydrogen-bond donors (Lipinski definition) is 1. The zero-order chi connectivity index (χ0) is 12.7. The van der Waals surface area contributed by atoms with E-state index in [2.05, 4.69) is 5.32 Å². The molecule has 8 heteroatoms. The molecule has 0 bridgehead atoms. The van der Waals surface area contributed by atoms with Crippen LogP contribution in [0, 0.1) is 0 Å². The van der Waals surface area contributed by atoms with Gasteiger partial charge in [0.2, 0.25) is 7.37 Å². The topological polar surface area (TPSA) is 73.9 Å². The van der Waals surface area contributed by atoms with Gasteiger partial charge in [-0.15, -0.1) is 0 Å². The fraction of sp³-hybridized carbons (Fsp3) is 1.00. The van der Waals surface area contributed by atoms with Gasteiger partial charge in [-0.2, -0.15) is 0 Å². The molecule has 0 aromatic heterocycles. The molecule has 0 fully saturated rings. The molecule has 1 N–H and O–H groups in total. The highest BCUT2D eigenvalue weighted by Gasteiger charge is 2.20. The van der Waals surface area contributed by atoms with Crippen molar-refractivity contribution in [3.05, 3.63) is 0 Å². The standard InChI is InChI=1S/C8H21NO5P2/c1-12-15(4,10)7-5-9-6-8-16(11,13-2)14-3/h9H,5-8H2,1-4H3. The quantitative estimate of drug-likeness (QED) is 0.508. The summed E-state index contributed by atoms with van der Waals surface area (Å²) in [6.07, 6.45) is 0.745. The lowest BCUT2D eigenvalue weighted by molar-refractivity contribution is 0.275. The van der Waals surface area contributed by atoms with Gasteiger partial charge in [0, 0.05) is 47.2 Å². The molecule has 0 aromatic carbocycles. The van der Waals surface area contributed by atoms with Crippen LogP contribution in [0.15, 0.2) is 0 Å². The molecule has 0 rings (SSSR count). The van der Waals surface area contributed by atoms with E-state index in [9.17, 15) is 9.13 Å². The van der Waals surface area contributed by atoms with Crippen molar-refractivity contribution in [3.63, 3.8) is 0 Å². The fourth-order valence-electron chi connectivity index (χ4n) is 0.972. The third kappa shape index (κ3) is 6.79. The second kappa shape index (κ2) is 7.59. The second-order valence-corrected chi connectivity index (χ2v) is 8.61. The first-order valence-electron chi connectivity index (χ1n) is 4.92. The normalized spacial score (nSPS) is 16.0. The molecular formula is C8H21NO5P2. The Morgan fingerprint density at radius 1 is 0.938 bits per heavy atom. The molecule has 0 amide bonds. The van der Waals surface area contributed by atoms with Crippen LogP contribution in [-0.2, 0) is 22.7 Å². The van der Waals surface area contributed by atoms with Crippen LogP contribution in [0.5, 0.6) is 0 Å². The maximum atomic E-state index is 11.6. The Labute approximate surface area is 97.0 Å². The Bertz CT molecular complexity index is 276. The van der Waals surface area contributed by atoms with Crippen molar-refractivity contribution in [3.8, 4) is 0 Å². The van der Waals surface area contributed by atoms with Gasteiger partial charge >= 0.3 is 7.60 Å². The highest BCUT2D eigenvalue weighted by molar-refractivity contribution is 7.58. The van der Waals surface area contributed by atoms with E-state index >= 15 is 0 Å². The Balaban J connectivity index is 3.69. The number of rotatable bonds is 9. The Morgan fingerprint density at radius 2 is 1.44 bits per heavy atom. The summed E-state index contributed by atoms with van der Waals surface area (Å²) in [5, 5.41) is 3.02. The van der Waals surface area contributed by atoms with Crippen molar-refractivity contribution in [1.29, 1.82) is 0 Å². The van der Waals surface area contributed by atoms with E-state index < -0.39 is 15.0 Å². The van der Waals surface area contributed by atoms with Crippen LogP contribution in [0.4, 0.5) is 0 Å². The zero-order valence-corrected chi connectivity index (χ0v) is 12.1. The van der Waals surface area contributed by atoms with Crippen molar-refractivity contribution >= 4 is 15.0 Å². The van der Waals surface area contributed by atoms with Crippen molar-refractivity contribution in [1.82, 2.24) is 5.32 Å².